The molecule has 0 aliphatic rings. The van der Waals surface area contributed by atoms with Gasteiger partial charge in [-0.2, -0.15) is 0 Å². The fourth-order valence-electron chi connectivity index (χ4n) is 1.23. The van der Waals surface area contributed by atoms with Gasteiger partial charge in [0.05, 0.1) is 0 Å². The van der Waals surface area contributed by atoms with Crippen molar-refractivity contribution < 1.29 is 4.79 Å². The molecule has 0 atom stereocenters. The molecule has 0 radical (unpaired) electrons. The largest absolute Gasteiger partial charge is 0.351 e. The number of nitrogens with one attached hydrogen (secondary N) is 1. The second kappa shape index (κ2) is 6.14. The lowest BCUT2D eigenvalue weighted by Gasteiger charge is -2.04. The molecule has 0 saturated carbocycles. The van der Waals surface area contributed by atoms with Gasteiger partial charge in [-0.25, -0.2) is 4.98 Å². The highest BCUT2D eigenvalue weighted by atomic mass is 16.1. The van der Waals surface area contributed by atoms with E-state index in [1.54, 1.807) is 6.07 Å². The number of carbonyl (C=O) groups is 1. The summed E-state index contributed by atoms with van der Waals surface area (Å²) < 4.78 is 0. The topological polar surface area (TPSA) is 68.0 Å². The van der Waals surface area contributed by atoms with Crippen LogP contribution in [0.3, 0.4) is 0 Å². The van der Waals surface area contributed by atoms with Crippen LogP contribution >= 0.6 is 0 Å². The van der Waals surface area contributed by atoms with E-state index in [9.17, 15) is 4.79 Å². The van der Waals surface area contributed by atoms with E-state index in [0.29, 0.717) is 18.8 Å². The molecular formula is C11H17N3O. The Kier molecular flexibility index (Phi) is 4.77. The van der Waals surface area contributed by atoms with Crippen molar-refractivity contribution in [1.82, 2.24) is 10.3 Å². The van der Waals surface area contributed by atoms with Crippen molar-refractivity contribution in [3.05, 3.63) is 29.6 Å². The zero-order valence-corrected chi connectivity index (χ0v) is 8.99. The molecule has 15 heavy (non-hydrogen) atoms. The van der Waals surface area contributed by atoms with Gasteiger partial charge in [-0.3, -0.25) is 4.79 Å². The Labute approximate surface area is 89.9 Å². The van der Waals surface area contributed by atoms with Gasteiger partial charge >= 0.3 is 0 Å². The summed E-state index contributed by atoms with van der Waals surface area (Å²) >= 11 is 0. The number of unbranched alkanes of at least 4 members (excludes halogenated alkanes) is 1. The number of carbonyl (C=O) groups excluding carboxylic acids is 1. The highest BCUT2D eigenvalue weighted by Gasteiger charge is 2.05. The Morgan fingerprint density at radius 2 is 2.27 bits per heavy atom. The Bertz CT molecular complexity index is 325. The molecule has 0 aliphatic carbocycles. The van der Waals surface area contributed by atoms with Crippen molar-refractivity contribution >= 4 is 5.91 Å². The third-order valence-corrected chi connectivity index (χ3v) is 2.04. The molecule has 1 rings (SSSR count). The summed E-state index contributed by atoms with van der Waals surface area (Å²) in [6, 6.07) is 5.41. The third-order valence-electron chi connectivity index (χ3n) is 2.04. The summed E-state index contributed by atoms with van der Waals surface area (Å²) in [5, 5.41) is 2.80. The first-order valence-corrected chi connectivity index (χ1v) is 5.16. The van der Waals surface area contributed by atoms with Crippen LogP contribution in [0, 0.1) is 6.92 Å². The van der Waals surface area contributed by atoms with Gasteiger partial charge in [0, 0.05) is 12.2 Å². The van der Waals surface area contributed by atoms with Crippen molar-refractivity contribution in [2.75, 3.05) is 13.1 Å². The number of amides is 1. The Balaban J connectivity index is 2.40. The molecular weight excluding hydrogens is 190 g/mol. The number of rotatable bonds is 5. The van der Waals surface area contributed by atoms with Crippen LogP contribution in [0.15, 0.2) is 18.2 Å². The smallest absolute Gasteiger partial charge is 0.269 e. The van der Waals surface area contributed by atoms with Gasteiger partial charge in [-0.15, -0.1) is 0 Å². The number of hydrogen-bond donors (Lipinski definition) is 2. The molecule has 1 heterocycles. The number of aromatic nitrogens is 1. The maximum atomic E-state index is 11.6. The average molecular weight is 207 g/mol. The Morgan fingerprint density at radius 3 is 2.93 bits per heavy atom. The summed E-state index contributed by atoms with van der Waals surface area (Å²) in [5.74, 6) is -0.115. The van der Waals surface area contributed by atoms with E-state index in [1.807, 2.05) is 19.1 Å². The van der Waals surface area contributed by atoms with Crippen molar-refractivity contribution in [3.63, 3.8) is 0 Å². The van der Waals surface area contributed by atoms with E-state index < -0.39 is 0 Å². The molecule has 4 heteroatoms. The normalized spacial score (nSPS) is 10.0. The maximum absolute atomic E-state index is 11.6. The Hall–Kier alpha value is -1.42. The molecule has 1 aromatic rings. The van der Waals surface area contributed by atoms with Crippen LogP contribution < -0.4 is 11.1 Å². The quantitative estimate of drug-likeness (QED) is 0.704. The van der Waals surface area contributed by atoms with Crippen LogP contribution in [0.1, 0.15) is 29.0 Å². The highest BCUT2D eigenvalue weighted by Crippen LogP contribution is 1.97. The van der Waals surface area contributed by atoms with E-state index in [0.717, 1.165) is 18.5 Å². The number of nitrogens with two attached hydrogens (primary N) is 1. The second-order valence-electron chi connectivity index (χ2n) is 3.42. The second-order valence-corrected chi connectivity index (χ2v) is 3.42. The van der Waals surface area contributed by atoms with Crippen LogP contribution in [0.5, 0.6) is 0 Å². The van der Waals surface area contributed by atoms with Gasteiger partial charge in [-0.1, -0.05) is 6.07 Å². The molecule has 0 aromatic carbocycles. The first-order valence-electron chi connectivity index (χ1n) is 5.16. The highest BCUT2D eigenvalue weighted by molar-refractivity contribution is 5.92. The lowest BCUT2D eigenvalue weighted by molar-refractivity contribution is 0.0948. The molecule has 0 aliphatic heterocycles. The van der Waals surface area contributed by atoms with E-state index in [4.69, 9.17) is 5.73 Å². The number of pyridine rings is 1. The number of aryl methyl sites for hydroxylation is 1. The first-order chi connectivity index (χ1) is 7.24. The third kappa shape index (κ3) is 4.08. The summed E-state index contributed by atoms with van der Waals surface area (Å²) in [4.78, 5) is 15.7. The molecule has 0 unspecified atom stereocenters. The average Bonchev–Trinajstić information content (AvgIpc) is 2.24. The summed E-state index contributed by atoms with van der Waals surface area (Å²) in [6.07, 6.45) is 1.84. The summed E-state index contributed by atoms with van der Waals surface area (Å²) in [5.41, 5.74) is 6.68. The Morgan fingerprint density at radius 1 is 1.47 bits per heavy atom. The van der Waals surface area contributed by atoms with Gasteiger partial charge in [0.2, 0.25) is 0 Å². The van der Waals surface area contributed by atoms with Gasteiger partial charge in [0.15, 0.2) is 0 Å². The molecule has 82 valence electrons. The van der Waals surface area contributed by atoms with Crippen LogP contribution in [0.4, 0.5) is 0 Å². The minimum absolute atomic E-state index is 0.115. The van der Waals surface area contributed by atoms with E-state index in [2.05, 4.69) is 10.3 Å². The molecule has 1 amide bonds. The minimum Gasteiger partial charge on any atom is -0.351 e. The van der Waals surface area contributed by atoms with Crippen molar-refractivity contribution in [2.24, 2.45) is 5.73 Å². The number of hydrogen-bond acceptors (Lipinski definition) is 3. The fourth-order valence-corrected chi connectivity index (χ4v) is 1.23. The van der Waals surface area contributed by atoms with Crippen LogP contribution in [0.25, 0.3) is 0 Å². The standard InChI is InChI=1S/C11H17N3O/c1-9-5-4-6-10(14-9)11(15)13-8-3-2-7-12/h4-6H,2-3,7-8,12H2,1H3,(H,13,15). The summed E-state index contributed by atoms with van der Waals surface area (Å²) in [6.45, 7) is 3.19. The van der Waals surface area contributed by atoms with E-state index >= 15 is 0 Å². The molecule has 1 aromatic heterocycles. The molecule has 0 fully saturated rings. The predicted molar refractivity (Wildman–Crippen MR) is 59.6 cm³/mol. The van der Waals surface area contributed by atoms with Crippen LogP contribution in [-0.2, 0) is 0 Å². The van der Waals surface area contributed by atoms with Crippen molar-refractivity contribution in [2.45, 2.75) is 19.8 Å². The monoisotopic (exact) mass is 207 g/mol. The van der Waals surface area contributed by atoms with E-state index in [1.165, 1.54) is 0 Å². The molecule has 3 N–H and O–H groups in total. The minimum atomic E-state index is -0.115. The SMILES string of the molecule is Cc1cccc(C(=O)NCCCCN)n1. The predicted octanol–water partition coefficient (Wildman–Crippen LogP) is 0.859. The first kappa shape index (κ1) is 11.7. The fraction of sp³-hybridized carbons (Fsp3) is 0.455. The lowest BCUT2D eigenvalue weighted by Crippen LogP contribution is -2.25. The molecule has 0 saturated heterocycles. The van der Waals surface area contributed by atoms with Gasteiger partial charge in [0.25, 0.3) is 5.91 Å². The molecule has 0 bridgehead atoms. The van der Waals surface area contributed by atoms with E-state index in [-0.39, 0.29) is 5.91 Å². The lowest BCUT2D eigenvalue weighted by atomic mass is 10.3. The van der Waals surface area contributed by atoms with Crippen molar-refractivity contribution in [1.29, 1.82) is 0 Å². The van der Waals surface area contributed by atoms with Gasteiger partial charge in [-0.05, 0) is 38.4 Å². The molecule has 4 nitrogen and oxygen atoms in total. The van der Waals surface area contributed by atoms with Gasteiger partial charge < -0.3 is 11.1 Å². The number of nitrogens with zero attached hydrogens (tertiary/aromatic N) is 1. The zero-order chi connectivity index (χ0) is 11.1. The summed E-state index contributed by atoms with van der Waals surface area (Å²) in [7, 11) is 0. The van der Waals surface area contributed by atoms with Crippen molar-refractivity contribution in [3.8, 4) is 0 Å². The van der Waals surface area contributed by atoms with Crippen LogP contribution in [-0.4, -0.2) is 24.0 Å². The molecule has 0 spiro atoms. The van der Waals surface area contributed by atoms with Gasteiger partial charge in [0.1, 0.15) is 5.69 Å². The maximum Gasteiger partial charge on any atom is 0.269 e. The zero-order valence-electron chi connectivity index (χ0n) is 8.99. The van der Waals surface area contributed by atoms with Crippen LogP contribution in [0.2, 0.25) is 0 Å².